The van der Waals surface area contributed by atoms with Crippen LogP contribution in [0.4, 0.5) is 0 Å². The molecule has 0 spiro atoms. The lowest BCUT2D eigenvalue weighted by Crippen LogP contribution is -2.09. The molecule has 0 fully saturated rings. The van der Waals surface area contributed by atoms with Crippen molar-refractivity contribution < 1.29 is 9.90 Å². The van der Waals surface area contributed by atoms with Crippen LogP contribution in [0.1, 0.15) is 35.8 Å². The first-order valence-corrected chi connectivity index (χ1v) is 11.8. The van der Waals surface area contributed by atoms with Crippen molar-refractivity contribution in [3.63, 3.8) is 0 Å². The molecule has 0 saturated heterocycles. The van der Waals surface area contributed by atoms with E-state index in [9.17, 15) is 9.90 Å². The van der Waals surface area contributed by atoms with E-state index in [2.05, 4.69) is 26.1 Å². The van der Waals surface area contributed by atoms with Crippen LogP contribution < -0.4 is 5.73 Å². The fraction of sp³-hybridized carbons (Fsp3) is 0.238. The standard InChI is InChI=1S/C21H19BrClN5O2S/c22-12-5-7-17-14(11-12)19(13-3-1-2-4-15(13)23)25-16(6-8-18(29)30)20-26-27-21(28(17)20)31-10-9-24/h1-5,7,11,16H,6,8-10,24H2,(H,29,30)/t16-/m0/s1. The summed E-state index contributed by atoms with van der Waals surface area (Å²) in [5, 5.41) is 19.3. The second-order valence-corrected chi connectivity index (χ2v) is 9.27. The number of benzene rings is 2. The maximum atomic E-state index is 11.3. The molecule has 3 aromatic rings. The Morgan fingerprint density at radius 2 is 2.03 bits per heavy atom. The molecule has 2 heterocycles. The summed E-state index contributed by atoms with van der Waals surface area (Å²) in [6.07, 6.45) is 0.250. The summed E-state index contributed by atoms with van der Waals surface area (Å²) in [6, 6.07) is 12.9. The molecular formula is C21H19BrClN5O2S. The first-order chi connectivity index (χ1) is 15.0. The Balaban J connectivity index is 1.97. The van der Waals surface area contributed by atoms with Crippen LogP contribution in [0.15, 0.2) is 57.1 Å². The van der Waals surface area contributed by atoms with Gasteiger partial charge in [0.25, 0.3) is 0 Å². The van der Waals surface area contributed by atoms with E-state index in [1.54, 1.807) is 0 Å². The molecule has 1 aromatic heterocycles. The van der Waals surface area contributed by atoms with E-state index < -0.39 is 12.0 Å². The Labute approximate surface area is 196 Å². The summed E-state index contributed by atoms with van der Waals surface area (Å²) < 4.78 is 2.85. The van der Waals surface area contributed by atoms with Crippen LogP contribution in [0.5, 0.6) is 0 Å². The van der Waals surface area contributed by atoms with E-state index in [-0.39, 0.29) is 12.8 Å². The predicted molar refractivity (Wildman–Crippen MR) is 126 cm³/mol. The molecule has 3 N–H and O–H groups in total. The lowest BCUT2D eigenvalue weighted by Gasteiger charge is -2.14. The molecule has 0 aliphatic carbocycles. The summed E-state index contributed by atoms with van der Waals surface area (Å²) in [5.74, 6) is 0.399. The number of carboxylic acids is 1. The number of rotatable bonds is 7. The summed E-state index contributed by atoms with van der Waals surface area (Å²) in [5.41, 5.74) is 8.89. The average molecular weight is 521 g/mol. The third-order valence-corrected chi connectivity index (χ3v) is 6.59. The number of thioether (sulfide) groups is 1. The summed E-state index contributed by atoms with van der Waals surface area (Å²) in [7, 11) is 0. The van der Waals surface area contributed by atoms with Gasteiger partial charge in [-0.05, 0) is 30.7 Å². The fourth-order valence-electron chi connectivity index (χ4n) is 3.46. The van der Waals surface area contributed by atoms with Crippen molar-refractivity contribution >= 4 is 51.0 Å². The molecule has 4 rings (SSSR count). The van der Waals surface area contributed by atoms with Crippen molar-refractivity contribution in [1.29, 1.82) is 0 Å². The van der Waals surface area contributed by atoms with Crippen LogP contribution in [0.25, 0.3) is 5.69 Å². The van der Waals surface area contributed by atoms with Gasteiger partial charge >= 0.3 is 5.97 Å². The minimum Gasteiger partial charge on any atom is -0.481 e. The van der Waals surface area contributed by atoms with Crippen LogP contribution >= 0.6 is 39.3 Å². The molecule has 31 heavy (non-hydrogen) atoms. The van der Waals surface area contributed by atoms with Crippen LogP contribution in [0.2, 0.25) is 5.02 Å². The zero-order valence-electron chi connectivity index (χ0n) is 16.3. The van der Waals surface area contributed by atoms with Crippen molar-refractivity contribution in [1.82, 2.24) is 14.8 Å². The van der Waals surface area contributed by atoms with E-state index >= 15 is 0 Å². The smallest absolute Gasteiger partial charge is 0.303 e. The number of aliphatic imine (C=N–C) groups is 1. The normalized spacial score (nSPS) is 15.1. The van der Waals surface area contributed by atoms with E-state index in [1.807, 2.05) is 47.0 Å². The second-order valence-electron chi connectivity index (χ2n) is 6.88. The molecule has 1 aliphatic rings. The maximum Gasteiger partial charge on any atom is 0.303 e. The van der Waals surface area contributed by atoms with Gasteiger partial charge in [-0.15, -0.1) is 10.2 Å². The summed E-state index contributed by atoms with van der Waals surface area (Å²) >= 11 is 11.6. The molecule has 10 heteroatoms. The molecule has 0 saturated carbocycles. The van der Waals surface area contributed by atoms with E-state index in [0.717, 1.165) is 21.3 Å². The number of nitrogens with two attached hydrogens (primary N) is 1. The van der Waals surface area contributed by atoms with Gasteiger partial charge in [0.05, 0.1) is 11.4 Å². The van der Waals surface area contributed by atoms with Crippen LogP contribution in [-0.2, 0) is 4.79 Å². The molecule has 160 valence electrons. The lowest BCUT2D eigenvalue weighted by atomic mass is 10.00. The number of carboxylic acid groups (broad SMARTS) is 1. The molecule has 0 bridgehead atoms. The Hall–Kier alpha value is -2.20. The number of hydrogen-bond acceptors (Lipinski definition) is 6. The Bertz CT molecular complexity index is 1170. The highest BCUT2D eigenvalue weighted by Crippen LogP contribution is 2.37. The van der Waals surface area contributed by atoms with Crippen LogP contribution in [0.3, 0.4) is 0 Å². The topological polar surface area (TPSA) is 106 Å². The Morgan fingerprint density at radius 1 is 1.23 bits per heavy atom. The summed E-state index contributed by atoms with van der Waals surface area (Å²) in [6.45, 7) is 0.504. The minimum atomic E-state index is -0.886. The van der Waals surface area contributed by atoms with Gasteiger partial charge in [-0.3, -0.25) is 14.4 Å². The Kier molecular flexibility index (Phi) is 6.76. The molecule has 1 aliphatic heterocycles. The number of aromatic nitrogens is 3. The first-order valence-electron chi connectivity index (χ1n) is 9.62. The van der Waals surface area contributed by atoms with Gasteiger partial charge in [0, 0.05) is 39.3 Å². The molecule has 1 atom stereocenters. The van der Waals surface area contributed by atoms with Gasteiger partial charge < -0.3 is 10.8 Å². The van der Waals surface area contributed by atoms with Gasteiger partial charge in [0.1, 0.15) is 6.04 Å². The molecule has 0 amide bonds. The highest BCUT2D eigenvalue weighted by atomic mass is 79.9. The van der Waals surface area contributed by atoms with Crippen molar-refractivity contribution in [3.8, 4) is 5.69 Å². The third kappa shape index (κ3) is 4.55. The molecule has 7 nitrogen and oxygen atoms in total. The Morgan fingerprint density at radius 3 is 2.77 bits per heavy atom. The van der Waals surface area contributed by atoms with Crippen molar-refractivity contribution in [2.75, 3.05) is 12.3 Å². The number of halogens is 2. The fourth-order valence-corrected chi connectivity index (χ4v) is 4.77. The van der Waals surface area contributed by atoms with Crippen molar-refractivity contribution in [2.45, 2.75) is 24.0 Å². The summed E-state index contributed by atoms with van der Waals surface area (Å²) in [4.78, 5) is 16.3. The monoisotopic (exact) mass is 519 g/mol. The van der Waals surface area contributed by atoms with E-state index in [0.29, 0.717) is 34.0 Å². The zero-order valence-corrected chi connectivity index (χ0v) is 19.5. The number of fused-ring (bicyclic) bond motifs is 3. The van der Waals surface area contributed by atoms with E-state index in [4.69, 9.17) is 22.3 Å². The number of carbonyl (C=O) groups is 1. The highest BCUT2D eigenvalue weighted by molar-refractivity contribution is 9.10. The van der Waals surface area contributed by atoms with Crippen molar-refractivity contribution in [2.24, 2.45) is 10.7 Å². The van der Waals surface area contributed by atoms with Gasteiger partial charge in [-0.2, -0.15) is 0 Å². The first kappa shape index (κ1) is 22.0. The van der Waals surface area contributed by atoms with E-state index in [1.165, 1.54) is 11.8 Å². The van der Waals surface area contributed by atoms with Crippen molar-refractivity contribution in [3.05, 3.63) is 68.9 Å². The second kappa shape index (κ2) is 9.52. The van der Waals surface area contributed by atoms with Gasteiger partial charge in [-0.25, -0.2) is 0 Å². The van der Waals surface area contributed by atoms with Crippen LogP contribution in [0, 0.1) is 0 Å². The van der Waals surface area contributed by atoms with Crippen LogP contribution in [-0.4, -0.2) is 43.8 Å². The van der Waals surface area contributed by atoms with Gasteiger partial charge in [0.2, 0.25) is 0 Å². The van der Waals surface area contributed by atoms with Gasteiger partial charge in [0.15, 0.2) is 11.0 Å². The lowest BCUT2D eigenvalue weighted by molar-refractivity contribution is -0.137. The minimum absolute atomic E-state index is 0.0395. The quantitative estimate of drug-likeness (QED) is 0.445. The number of hydrogen-bond donors (Lipinski definition) is 2. The highest BCUT2D eigenvalue weighted by Gasteiger charge is 2.30. The average Bonchev–Trinajstić information content (AvgIpc) is 3.11. The number of nitrogens with zero attached hydrogens (tertiary/aromatic N) is 4. The number of aliphatic carboxylic acids is 1. The molecule has 0 unspecified atom stereocenters. The zero-order chi connectivity index (χ0) is 22.0. The molecule has 0 radical (unpaired) electrons. The molecule has 2 aromatic carbocycles. The molecular weight excluding hydrogens is 502 g/mol. The van der Waals surface area contributed by atoms with Gasteiger partial charge in [-0.1, -0.05) is 57.5 Å². The predicted octanol–water partition coefficient (Wildman–Crippen LogP) is 4.49. The third-order valence-electron chi connectivity index (χ3n) is 4.81. The SMILES string of the molecule is NCCSc1nnc2n1-c1ccc(Br)cc1C(c1ccccc1Cl)=N[C@H]2CCC(=O)O. The maximum absolute atomic E-state index is 11.3. The largest absolute Gasteiger partial charge is 0.481 e.